The molecule has 0 atom stereocenters. The lowest BCUT2D eigenvalue weighted by Gasteiger charge is -2.15. The van der Waals surface area contributed by atoms with Gasteiger partial charge in [0, 0.05) is 25.2 Å². The van der Waals surface area contributed by atoms with E-state index in [0.29, 0.717) is 17.2 Å². The van der Waals surface area contributed by atoms with Gasteiger partial charge in [-0.2, -0.15) is 0 Å². The fourth-order valence-electron chi connectivity index (χ4n) is 1.82. The van der Waals surface area contributed by atoms with Crippen LogP contribution in [0.2, 0.25) is 0 Å². The maximum Gasteiger partial charge on any atom is 0.292 e. The van der Waals surface area contributed by atoms with Crippen molar-refractivity contribution in [1.29, 1.82) is 0 Å². The van der Waals surface area contributed by atoms with Crippen molar-refractivity contribution in [1.82, 2.24) is 10.1 Å². The van der Waals surface area contributed by atoms with Crippen LogP contribution in [0, 0.1) is 6.92 Å². The van der Waals surface area contributed by atoms with Gasteiger partial charge in [-0.1, -0.05) is 35.6 Å². The summed E-state index contributed by atoms with van der Waals surface area (Å²) < 4.78 is 4.96. The Morgan fingerprint density at radius 1 is 1.45 bits per heavy atom. The summed E-state index contributed by atoms with van der Waals surface area (Å²) >= 11 is 4.94. The summed E-state index contributed by atoms with van der Waals surface area (Å²) in [5.41, 5.74) is 8.01. The minimum absolute atomic E-state index is 0.216. The van der Waals surface area contributed by atoms with Crippen molar-refractivity contribution in [2.45, 2.75) is 13.5 Å². The van der Waals surface area contributed by atoms with E-state index in [0.717, 1.165) is 11.1 Å². The molecule has 104 valence electrons. The van der Waals surface area contributed by atoms with Crippen LogP contribution < -0.4 is 5.73 Å². The van der Waals surface area contributed by atoms with Gasteiger partial charge in [0.15, 0.2) is 0 Å². The van der Waals surface area contributed by atoms with Crippen LogP contribution in [0.5, 0.6) is 0 Å². The molecule has 0 aliphatic heterocycles. The van der Waals surface area contributed by atoms with E-state index in [1.807, 2.05) is 24.3 Å². The van der Waals surface area contributed by atoms with Crippen molar-refractivity contribution in [3.8, 4) is 0 Å². The first kappa shape index (κ1) is 14.2. The van der Waals surface area contributed by atoms with Crippen LogP contribution >= 0.6 is 12.2 Å². The van der Waals surface area contributed by atoms with Gasteiger partial charge in [0.1, 0.15) is 4.99 Å². The van der Waals surface area contributed by atoms with Crippen LogP contribution in [0.1, 0.15) is 27.4 Å². The maximum atomic E-state index is 12.1. The van der Waals surface area contributed by atoms with Crippen molar-refractivity contribution in [2.24, 2.45) is 5.73 Å². The quantitative estimate of drug-likeness (QED) is 0.870. The second-order valence-electron chi connectivity index (χ2n) is 4.56. The Kier molecular flexibility index (Phi) is 4.14. The average Bonchev–Trinajstić information content (AvgIpc) is 2.84. The molecule has 1 aromatic heterocycles. The van der Waals surface area contributed by atoms with Crippen LogP contribution in [-0.2, 0) is 6.54 Å². The molecule has 2 rings (SSSR count). The number of aryl methyl sites for hydroxylation is 1. The molecule has 0 radical (unpaired) electrons. The van der Waals surface area contributed by atoms with Crippen LogP contribution in [0.4, 0.5) is 0 Å². The fourth-order valence-corrected chi connectivity index (χ4v) is 1.95. The van der Waals surface area contributed by atoms with Crippen molar-refractivity contribution in [3.63, 3.8) is 0 Å². The predicted octanol–water partition coefficient (Wildman–Crippen LogP) is 1.89. The van der Waals surface area contributed by atoms with E-state index in [4.69, 9.17) is 22.5 Å². The highest BCUT2D eigenvalue weighted by Gasteiger charge is 2.16. The molecule has 1 heterocycles. The molecule has 0 saturated heterocycles. The Balaban J connectivity index is 2.11. The van der Waals surface area contributed by atoms with Gasteiger partial charge in [0.25, 0.3) is 5.91 Å². The largest absolute Gasteiger partial charge is 0.389 e. The molecular formula is C14H15N3O2S. The molecule has 1 amide bonds. The Labute approximate surface area is 122 Å². The van der Waals surface area contributed by atoms with Gasteiger partial charge in [-0.15, -0.1) is 0 Å². The van der Waals surface area contributed by atoms with E-state index in [2.05, 4.69) is 5.16 Å². The highest BCUT2D eigenvalue weighted by Crippen LogP contribution is 2.11. The third-order valence-electron chi connectivity index (χ3n) is 2.82. The van der Waals surface area contributed by atoms with Gasteiger partial charge in [-0.3, -0.25) is 4.79 Å². The van der Waals surface area contributed by atoms with Gasteiger partial charge in [-0.05, 0) is 18.6 Å². The van der Waals surface area contributed by atoms with E-state index in [-0.39, 0.29) is 11.7 Å². The molecule has 0 aliphatic rings. The third kappa shape index (κ3) is 3.21. The average molecular weight is 289 g/mol. The molecule has 2 aromatic rings. The van der Waals surface area contributed by atoms with E-state index in [1.165, 1.54) is 0 Å². The minimum atomic E-state index is -0.216. The third-order valence-corrected chi connectivity index (χ3v) is 3.05. The molecule has 2 N–H and O–H groups in total. The number of hydrogen-bond acceptors (Lipinski definition) is 4. The maximum absolute atomic E-state index is 12.1. The SMILES string of the molecule is Cc1cc(C(=O)N(C)Cc2cccc(C(N)=S)c2)on1. The van der Waals surface area contributed by atoms with Crippen LogP contribution in [0.25, 0.3) is 0 Å². The number of nitrogens with two attached hydrogens (primary N) is 1. The first-order valence-electron chi connectivity index (χ1n) is 6.05. The molecular weight excluding hydrogens is 274 g/mol. The number of carbonyl (C=O) groups is 1. The number of hydrogen-bond donors (Lipinski definition) is 1. The molecule has 5 nitrogen and oxygen atoms in total. The molecule has 20 heavy (non-hydrogen) atoms. The number of carbonyl (C=O) groups excluding carboxylic acids is 1. The Hall–Kier alpha value is -2.21. The van der Waals surface area contributed by atoms with Crippen LogP contribution in [0.15, 0.2) is 34.9 Å². The number of thiocarbonyl (C=S) groups is 1. The van der Waals surface area contributed by atoms with Crippen molar-refractivity contribution < 1.29 is 9.32 Å². The number of rotatable bonds is 4. The van der Waals surface area contributed by atoms with E-state index in [1.54, 1.807) is 24.9 Å². The monoisotopic (exact) mass is 289 g/mol. The Morgan fingerprint density at radius 3 is 2.80 bits per heavy atom. The molecule has 0 aliphatic carbocycles. The van der Waals surface area contributed by atoms with Crippen LogP contribution in [0.3, 0.4) is 0 Å². The van der Waals surface area contributed by atoms with Gasteiger partial charge >= 0.3 is 0 Å². The number of nitrogens with zero attached hydrogens (tertiary/aromatic N) is 2. The normalized spacial score (nSPS) is 10.3. The summed E-state index contributed by atoms with van der Waals surface area (Å²) in [5, 5.41) is 3.71. The zero-order valence-electron chi connectivity index (χ0n) is 11.3. The summed E-state index contributed by atoms with van der Waals surface area (Å²) in [6.07, 6.45) is 0. The zero-order valence-corrected chi connectivity index (χ0v) is 12.1. The Bertz CT molecular complexity index is 651. The molecule has 0 bridgehead atoms. The molecule has 0 fully saturated rings. The summed E-state index contributed by atoms with van der Waals surface area (Å²) in [4.78, 5) is 14.0. The zero-order chi connectivity index (χ0) is 14.7. The first-order valence-corrected chi connectivity index (χ1v) is 6.45. The van der Waals surface area contributed by atoms with E-state index >= 15 is 0 Å². The van der Waals surface area contributed by atoms with Crippen molar-refractivity contribution >= 4 is 23.1 Å². The van der Waals surface area contributed by atoms with Gasteiger partial charge in [0.05, 0.1) is 5.69 Å². The molecule has 1 aromatic carbocycles. The van der Waals surface area contributed by atoms with Gasteiger partial charge in [0.2, 0.25) is 5.76 Å². The summed E-state index contributed by atoms with van der Waals surface area (Å²) in [6.45, 7) is 2.21. The smallest absolute Gasteiger partial charge is 0.292 e. The van der Waals surface area contributed by atoms with Crippen molar-refractivity contribution in [3.05, 3.63) is 52.9 Å². The number of aromatic nitrogens is 1. The topological polar surface area (TPSA) is 72.4 Å². The lowest BCUT2D eigenvalue weighted by atomic mass is 10.1. The highest BCUT2D eigenvalue weighted by molar-refractivity contribution is 7.80. The van der Waals surface area contributed by atoms with Gasteiger partial charge in [-0.25, -0.2) is 0 Å². The van der Waals surface area contributed by atoms with Crippen LogP contribution in [-0.4, -0.2) is 28.0 Å². The van der Waals surface area contributed by atoms with E-state index < -0.39 is 0 Å². The summed E-state index contributed by atoms with van der Waals surface area (Å²) in [6, 6.07) is 9.10. The summed E-state index contributed by atoms with van der Waals surface area (Å²) in [7, 11) is 1.70. The highest BCUT2D eigenvalue weighted by atomic mass is 32.1. The second kappa shape index (κ2) is 5.83. The molecule has 0 saturated carbocycles. The second-order valence-corrected chi connectivity index (χ2v) is 5.00. The lowest BCUT2D eigenvalue weighted by Crippen LogP contribution is -2.26. The van der Waals surface area contributed by atoms with Gasteiger partial charge < -0.3 is 15.2 Å². The Morgan fingerprint density at radius 2 is 2.20 bits per heavy atom. The predicted molar refractivity (Wildman–Crippen MR) is 79.4 cm³/mol. The molecule has 0 unspecified atom stereocenters. The lowest BCUT2D eigenvalue weighted by molar-refractivity contribution is 0.0743. The summed E-state index contributed by atoms with van der Waals surface area (Å²) in [5.74, 6) is 0.0156. The molecule has 0 spiro atoms. The minimum Gasteiger partial charge on any atom is -0.389 e. The number of amides is 1. The first-order chi connectivity index (χ1) is 9.47. The number of benzene rings is 1. The van der Waals surface area contributed by atoms with E-state index in [9.17, 15) is 4.79 Å². The fraction of sp³-hybridized carbons (Fsp3) is 0.214. The molecule has 6 heteroatoms. The standard InChI is InChI=1S/C14H15N3O2S/c1-9-6-12(19-16-9)14(18)17(2)8-10-4-3-5-11(7-10)13(15)20/h3-7H,8H2,1-2H3,(H2,15,20). The van der Waals surface area contributed by atoms with Crippen molar-refractivity contribution in [2.75, 3.05) is 7.05 Å².